The van der Waals surface area contributed by atoms with Gasteiger partial charge in [0.25, 0.3) is 0 Å². The number of carbonyl (C=O) groups excluding carboxylic acids is 2. The van der Waals surface area contributed by atoms with Gasteiger partial charge in [0.1, 0.15) is 0 Å². The number of rotatable bonds is 5. The second-order valence-electron chi connectivity index (χ2n) is 6.01. The molecule has 0 atom stereocenters. The van der Waals surface area contributed by atoms with Gasteiger partial charge in [-0.15, -0.1) is 0 Å². The lowest BCUT2D eigenvalue weighted by Gasteiger charge is -2.13. The van der Waals surface area contributed by atoms with Gasteiger partial charge < -0.3 is 10.6 Å². The Morgan fingerprint density at radius 1 is 0.960 bits per heavy atom. The number of anilines is 1. The summed E-state index contributed by atoms with van der Waals surface area (Å²) in [5, 5.41) is 6.39. The molecule has 0 aliphatic carbocycles. The number of aryl methyl sites for hydroxylation is 3. The summed E-state index contributed by atoms with van der Waals surface area (Å²) in [6.45, 7) is 5.79. The normalized spacial score (nSPS) is 10.4. The molecule has 132 valence electrons. The summed E-state index contributed by atoms with van der Waals surface area (Å²) < 4.78 is 0. The van der Waals surface area contributed by atoms with E-state index in [1.807, 2.05) is 32.9 Å². The summed E-state index contributed by atoms with van der Waals surface area (Å²) in [7, 11) is 0. The lowest BCUT2D eigenvalue weighted by Crippen LogP contribution is -2.34. The Hall–Kier alpha value is -2.04. The summed E-state index contributed by atoms with van der Waals surface area (Å²) >= 11 is 11.9. The van der Waals surface area contributed by atoms with E-state index in [1.165, 1.54) is 0 Å². The molecule has 2 aromatic carbocycles. The highest BCUT2D eigenvalue weighted by atomic mass is 35.5. The van der Waals surface area contributed by atoms with Gasteiger partial charge in [0.2, 0.25) is 11.8 Å². The number of benzene rings is 2. The van der Waals surface area contributed by atoms with E-state index in [0.29, 0.717) is 15.6 Å². The van der Waals surface area contributed by atoms with Crippen LogP contribution >= 0.6 is 23.2 Å². The summed E-state index contributed by atoms with van der Waals surface area (Å²) in [4.78, 5) is 24.1. The molecular formula is C19H20Cl2N2O2. The van der Waals surface area contributed by atoms with Gasteiger partial charge in [0.05, 0.1) is 13.0 Å². The van der Waals surface area contributed by atoms with Gasteiger partial charge >= 0.3 is 0 Å². The molecule has 0 aliphatic rings. The highest BCUT2D eigenvalue weighted by Gasteiger charge is 2.11. The Balaban J connectivity index is 1.90. The van der Waals surface area contributed by atoms with Crippen molar-refractivity contribution in [2.45, 2.75) is 27.2 Å². The van der Waals surface area contributed by atoms with Crippen LogP contribution in [-0.4, -0.2) is 18.4 Å². The predicted octanol–water partition coefficient (Wildman–Crippen LogP) is 4.22. The van der Waals surface area contributed by atoms with Crippen molar-refractivity contribution >= 4 is 40.7 Å². The molecule has 2 rings (SSSR count). The van der Waals surface area contributed by atoms with Crippen molar-refractivity contribution < 1.29 is 9.59 Å². The van der Waals surface area contributed by atoms with E-state index in [4.69, 9.17) is 23.2 Å². The number of amides is 2. The smallest absolute Gasteiger partial charge is 0.243 e. The topological polar surface area (TPSA) is 58.2 Å². The molecule has 0 bridgehead atoms. The molecule has 0 saturated heterocycles. The van der Waals surface area contributed by atoms with Crippen molar-refractivity contribution in [1.29, 1.82) is 0 Å². The van der Waals surface area contributed by atoms with Gasteiger partial charge in [-0.25, -0.2) is 0 Å². The van der Waals surface area contributed by atoms with E-state index in [9.17, 15) is 9.59 Å². The summed E-state index contributed by atoms with van der Waals surface area (Å²) in [6.07, 6.45) is 0.0892. The van der Waals surface area contributed by atoms with Gasteiger partial charge in [-0.1, -0.05) is 47.0 Å². The van der Waals surface area contributed by atoms with Gasteiger partial charge in [-0.3, -0.25) is 9.59 Å². The summed E-state index contributed by atoms with van der Waals surface area (Å²) in [5.74, 6) is -0.553. The van der Waals surface area contributed by atoms with E-state index in [2.05, 4.69) is 10.6 Å². The number of carbonyl (C=O) groups is 2. The van der Waals surface area contributed by atoms with E-state index in [1.54, 1.807) is 18.2 Å². The summed E-state index contributed by atoms with van der Waals surface area (Å²) in [6, 6.07) is 8.96. The van der Waals surface area contributed by atoms with Crippen LogP contribution in [0.5, 0.6) is 0 Å². The lowest BCUT2D eigenvalue weighted by molar-refractivity contribution is -0.123. The van der Waals surface area contributed by atoms with Crippen LogP contribution in [0.15, 0.2) is 30.3 Å². The first-order valence-electron chi connectivity index (χ1n) is 7.84. The maximum Gasteiger partial charge on any atom is 0.243 e. The minimum Gasteiger partial charge on any atom is -0.347 e. The lowest BCUT2D eigenvalue weighted by atomic mass is 10.1. The van der Waals surface area contributed by atoms with Crippen LogP contribution in [0.2, 0.25) is 10.0 Å². The van der Waals surface area contributed by atoms with Gasteiger partial charge in [0.15, 0.2) is 0 Å². The Kier molecular flexibility index (Phi) is 6.45. The first-order chi connectivity index (χ1) is 11.8. The molecule has 0 spiro atoms. The van der Waals surface area contributed by atoms with Crippen LogP contribution in [0.1, 0.15) is 22.3 Å². The molecule has 0 unspecified atom stereocenters. The van der Waals surface area contributed by atoms with Gasteiger partial charge in [0, 0.05) is 15.7 Å². The van der Waals surface area contributed by atoms with Crippen LogP contribution < -0.4 is 10.6 Å². The zero-order valence-corrected chi connectivity index (χ0v) is 15.9. The maximum absolute atomic E-state index is 12.1. The molecule has 0 aliphatic heterocycles. The summed E-state index contributed by atoms with van der Waals surface area (Å²) in [5.41, 5.74) is 4.57. The molecule has 25 heavy (non-hydrogen) atoms. The largest absolute Gasteiger partial charge is 0.347 e. The third-order valence-electron chi connectivity index (χ3n) is 3.75. The van der Waals surface area contributed by atoms with Crippen LogP contribution in [0.25, 0.3) is 0 Å². The number of halogens is 2. The third-order valence-corrected chi connectivity index (χ3v) is 4.34. The first kappa shape index (κ1) is 19.3. The van der Waals surface area contributed by atoms with Gasteiger partial charge in [-0.2, -0.15) is 0 Å². The van der Waals surface area contributed by atoms with E-state index in [-0.39, 0.29) is 24.8 Å². The molecule has 2 aromatic rings. The molecule has 4 nitrogen and oxygen atoms in total. The fraction of sp³-hybridized carbons (Fsp3) is 0.263. The number of hydrogen-bond acceptors (Lipinski definition) is 2. The number of nitrogens with one attached hydrogen (secondary N) is 2. The Morgan fingerprint density at radius 3 is 2.20 bits per heavy atom. The molecule has 6 heteroatoms. The predicted molar refractivity (Wildman–Crippen MR) is 102 cm³/mol. The number of hydrogen-bond donors (Lipinski definition) is 2. The quantitative estimate of drug-likeness (QED) is 0.818. The van der Waals surface area contributed by atoms with E-state index < -0.39 is 0 Å². The highest BCUT2D eigenvalue weighted by Crippen LogP contribution is 2.22. The second-order valence-corrected chi connectivity index (χ2v) is 6.85. The minimum absolute atomic E-state index is 0.0892. The Morgan fingerprint density at radius 2 is 1.60 bits per heavy atom. The van der Waals surface area contributed by atoms with Crippen LogP contribution in [0, 0.1) is 20.8 Å². The van der Waals surface area contributed by atoms with Crippen LogP contribution in [0.3, 0.4) is 0 Å². The van der Waals surface area contributed by atoms with Crippen LogP contribution in [0.4, 0.5) is 5.69 Å². The molecular weight excluding hydrogens is 359 g/mol. The fourth-order valence-corrected chi connectivity index (χ4v) is 3.12. The molecule has 0 aromatic heterocycles. The average molecular weight is 379 g/mol. The van der Waals surface area contributed by atoms with Crippen molar-refractivity contribution in [1.82, 2.24) is 5.32 Å². The second kappa shape index (κ2) is 8.37. The third kappa shape index (κ3) is 5.48. The molecule has 0 fully saturated rings. The minimum atomic E-state index is -0.281. The zero-order valence-electron chi connectivity index (χ0n) is 14.4. The zero-order chi connectivity index (χ0) is 18.6. The fourth-order valence-electron chi connectivity index (χ4n) is 2.64. The van der Waals surface area contributed by atoms with E-state index >= 15 is 0 Å². The van der Waals surface area contributed by atoms with Crippen molar-refractivity contribution in [2.75, 3.05) is 11.9 Å². The molecule has 0 heterocycles. The van der Waals surface area contributed by atoms with Crippen molar-refractivity contribution in [3.05, 3.63) is 62.6 Å². The molecule has 0 radical (unpaired) electrons. The van der Waals surface area contributed by atoms with E-state index in [0.717, 1.165) is 22.4 Å². The van der Waals surface area contributed by atoms with Gasteiger partial charge in [-0.05, 0) is 49.6 Å². The Bertz CT molecular complexity index is 796. The van der Waals surface area contributed by atoms with Crippen molar-refractivity contribution in [3.63, 3.8) is 0 Å². The van der Waals surface area contributed by atoms with Crippen molar-refractivity contribution in [2.24, 2.45) is 0 Å². The standard InChI is InChI=1S/C19H20Cl2N2O2/c1-11-6-12(2)19(13(3)7-11)23-18(25)10-22-17(24)8-14-4-5-15(20)9-16(14)21/h4-7,9H,8,10H2,1-3H3,(H,22,24)(H,23,25). The molecule has 2 N–H and O–H groups in total. The van der Waals surface area contributed by atoms with Crippen LogP contribution in [-0.2, 0) is 16.0 Å². The average Bonchev–Trinajstić information content (AvgIpc) is 2.51. The SMILES string of the molecule is Cc1cc(C)c(NC(=O)CNC(=O)Cc2ccc(Cl)cc2Cl)c(C)c1. The molecule has 2 amide bonds. The van der Waals surface area contributed by atoms with Crippen molar-refractivity contribution in [3.8, 4) is 0 Å². The highest BCUT2D eigenvalue weighted by molar-refractivity contribution is 6.35. The molecule has 0 saturated carbocycles. The Labute approximate surface area is 157 Å². The maximum atomic E-state index is 12.1. The first-order valence-corrected chi connectivity index (χ1v) is 8.60. The monoisotopic (exact) mass is 378 g/mol.